The lowest BCUT2D eigenvalue weighted by molar-refractivity contribution is 0.318. The molecule has 24 heavy (non-hydrogen) atoms. The molecule has 0 saturated carbocycles. The molecular formula is C17H23N3O3S. The topological polar surface area (TPSA) is 64.4 Å². The minimum Gasteiger partial charge on any atom is -0.497 e. The summed E-state index contributed by atoms with van der Waals surface area (Å²) in [5, 5.41) is 0.144. The largest absolute Gasteiger partial charge is 0.497 e. The Bertz CT molecular complexity index is 785. The number of rotatable bonds is 4. The van der Waals surface area contributed by atoms with Gasteiger partial charge >= 0.3 is 0 Å². The third-order valence-electron chi connectivity index (χ3n) is 4.73. The number of aromatic nitrogens is 2. The quantitative estimate of drug-likeness (QED) is 0.850. The van der Waals surface area contributed by atoms with Crippen LogP contribution in [0.15, 0.2) is 35.5 Å². The molecule has 1 aromatic carbocycles. The van der Waals surface area contributed by atoms with Crippen LogP contribution in [0.25, 0.3) is 0 Å². The van der Waals surface area contributed by atoms with Gasteiger partial charge in [0.15, 0.2) is 5.03 Å². The van der Waals surface area contributed by atoms with Crippen molar-refractivity contribution in [1.29, 1.82) is 0 Å². The third-order valence-corrected chi connectivity index (χ3v) is 6.50. The van der Waals surface area contributed by atoms with E-state index < -0.39 is 10.0 Å². The summed E-state index contributed by atoms with van der Waals surface area (Å²) < 4.78 is 33.9. The second kappa shape index (κ2) is 6.57. The van der Waals surface area contributed by atoms with Crippen LogP contribution >= 0.6 is 0 Å². The minimum absolute atomic E-state index is 0.144. The van der Waals surface area contributed by atoms with Crippen LogP contribution in [0.4, 0.5) is 0 Å². The van der Waals surface area contributed by atoms with E-state index in [-0.39, 0.29) is 5.03 Å². The molecule has 0 radical (unpaired) electrons. The maximum Gasteiger partial charge on any atom is 0.262 e. The second-order valence-corrected chi connectivity index (χ2v) is 8.07. The standard InChI is InChI=1S/C17H23N3O3S/c1-13-18-17(12-19(13)2)24(21,22)20-10-8-15(9-11-20)14-4-6-16(23-3)7-5-14/h4-7,12,15H,8-11H2,1-3H3. The summed E-state index contributed by atoms with van der Waals surface area (Å²) in [5.41, 5.74) is 1.24. The molecule has 3 rings (SSSR count). The number of hydrogen-bond acceptors (Lipinski definition) is 4. The van der Waals surface area contributed by atoms with Crippen LogP contribution in [-0.2, 0) is 17.1 Å². The van der Waals surface area contributed by atoms with Gasteiger partial charge in [-0.05, 0) is 43.4 Å². The Kier molecular flexibility index (Phi) is 4.64. The van der Waals surface area contributed by atoms with E-state index in [9.17, 15) is 8.42 Å². The predicted octanol–water partition coefficient (Wildman–Crippen LogP) is 2.31. The minimum atomic E-state index is -3.50. The van der Waals surface area contributed by atoms with Crippen molar-refractivity contribution in [2.75, 3.05) is 20.2 Å². The van der Waals surface area contributed by atoms with Gasteiger partial charge < -0.3 is 9.30 Å². The highest BCUT2D eigenvalue weighted by Crippen LogP contribution is 2.31. The Morgan fingerprint density at radius 3 is 2.29 bits per heavy atom. The zero-order valence-corrected chi connectivity index (χ0v) is 15.1. The van der Waals surface area contributed by atoms with E-state index >= 15 is 0 Å². The fraction of sp³-hybridized carbons (Fsp3) is 0.471. The van der Waals surface area contributed by atoms with Crippen LogP contribution in [0.2, 0.25) is 0 Å². The lowest BCUT2D eigenvalue weighted by Crippen LogP contribution is -2.38. The smallest absolute Gasteiger partial charge is 0.262 e. The molecule has 0 aliphatic carbocycles. The Morgan fingerprint density at radius 2 is 1.79 bits per heavy atom. The predicted molar refractivity (Wildman–Crippen MR) is 91.7 cm³/mol. The van der Waals surface area contributed by atoms with Gasteiger partial charge in [0, 0.05) is 26.3 Å². The van der Waals surface area contributed by atoms with E-state index in [0.717, 1.165) is 18.6 Å². The van der Waals surface area contributed by atoms with Crippen molar-refractivity contribution in [2.45, 2.75) is 30.7 Å². The Morgan fingerprint density at radius 1 is 1.17 bits per heavy atom. The van der Waals surface area contributed by atoms with Gasteiger partial charge in [0.2, 0.25) is 0 Å². The van der Waals surface area contributed by atoms with Crippen LogP contribution in [0.3, 0.4) is 0 Å². The first kappa shape index (κ1) is 17.0. The van der Waals surface area contributed by atoms with Crippen molar-refractivity contribution in [3.63, 3.8) is 0 Å². The monoisotopic (exact) mass is 349 g/mol. The zero-order chi connectivity index (χ0) is 17.3. The molecule has 1 fully saturated rings. The molecule has 1 aliphatic rings. The highest BCUT2D eigenvalue weighted by Gasteiger charge is 2.31. The zero-order valence-electron chi connectivity index (χ0n) is 14.3. The molecule has 1 aromatic heterocycles. The molecular weight excluding hydrogens is 326 g/mol. The van der Waals surface area contributed by atoms with Crippen molar-refractivity contribution in [2.24, 2.45) is 7.05 Å². The molecule has 1 aliphatic heterocycles. The number of sulfonamides is 1. The maximum atomic E-state index is 12.7. The molecule has 2 heterocycles. The number of hydrogen-bond donors (Lipinski definition) is 0. The molecule has 0 spiro atoms. The van der Waals surface area contributed by atoms with E-state index in [1.54, 1.807) is 36.2 Å². The molecule has 7 heteroatoms. The molecule has 0 N–H and O–H groups in total. The molecule has 1 saturated heterocycles. The summed E-state index contributed by atoms with van der Waals surface area (Å²) >= 11 is 0. The highest BCUT2D eigenvalue weighted by atomic mass is 32.2. The first-order valence-electron chi connectivity index (χ1n) is 8.06. The van der Waals surface area contributed by atoms with E-state index in [1.807, 2.05) is 12.1 Å². The number of benzene rings is 1. The van der Waals surface area contributed by atoms with Crippen LogP contribution < -0.4 is 4.74 Å². The molecule has 0 unspecified atom stereocenters. The van der Waals surface area contributed by atoms with Crippen molar-refractivity contribution in [3.05, 3.63) is 41.9 Å². The van der Waals surface area contributed by atoms with Crippen molar-refractivity contribution in [3.8, 4) is 5.75 Å². The van der Waals surface area contributed by atoms with Gasteiger partial charge in [0.25, 0.3) is 10.0 Å². The van der Waals surface area contributed by atoms with Crippen LogP contribution in [0.1, 0.15) is 30.1 Å². The fourth-order valence-corrected chi connectivity index (χ4v) is 4.58. The molecule has 0 bridgehead atoms. The van der Waals surface area contributed by atoms with Gasteiger partial charge in [-0.2, -0.15) is 4.31 Å². The number of imidazole rings is 1. The summed E-state index contributed by atoms with van der Waals surface area (Å²) in [7, 11) is -0.0453. The van der Waals surface area contributed by atoms with Crippen LogP contribution in [0, 0.1) is 6.92 Å². The molecule has 6 nitrogen and oxygen atoms in total. The lowest BCUT2D eigenvalue weighted by Gasteiger charge is -2.30. The molecule has 0 atom stereocenters. The summed E-state index contributed by atoms with van der Waals surface area (Å²) in [6, 6.07) is 8.04. The average molecular weight is 349 g/mol. The summed E-state index contributed by atoms with van der Waals surface area (Å²) in [4.78, 5) is 4.17. The Labute approximate surface area is 143 Å². The maximum absolute atomic E-state index is 12.7. The van der Waals surface area contributed by atoms with Gasteiger partial charge in [0.05, 0.1) is 7.11 Å². The van der Waals surface area contributed by atoms with Crippen LogP contribution in [-0.4, -0.2) is 42.5 Å². The molecule has 130 valence electrons. The second-order valence-electron chi connectivity index (χ2n) is 6.19. The number of ether oxygens (including phenoxy) is 1. The number of piperidine rings is 1. The lowest BCUT2D eigenvalue weighted by atomic mass is 9.90. The molecule has 2 aromatic rings. The number of nitrogens with zero attached hydrogens (tertiary/aromatic N) is 3. The Hall–Kier alpha value is -1.86. The van der Waals surface area contributed by atoms with Gasteiger partial charge in [-0.25, -0.2) is 13.4 Å². The summed E-state index contributed by atoms with van der Waals surface area (Å²) in [5.74, 6) is 1.92. The summed E-state index contributed by atoms with van der Waals surface area (Å²) in [6.45, 7) is 2.85. The Balaban J connectivity index is 1.69. The van der Waals surface area contributed by atoms with Gasteiger partial charge in [-0.3, -0.25) is 0 Å². The first-order valence-corrected chi connectivity index (χ1v) is 9.50. The normalized spacial score (nSPS) is 17.1. The van der Waals surface area contributed by atoms with Gasteiger partial charge in [0.1, 0.15) is 11.6 Å². The van der Waals surface area contributed by atoms with Gasteiger partial charge in [-0.15, -0.1) is 0 Å². The van der Waals surface area contributed by atoms with Crippen molar-refractivity contribution in [1.82, 2.24) is 13.9 Å². The van der Waals surface area contributed by atoms with Gasteiger partial charge in [-0.1, -0.05) is 12.1 Å². The van der Waals surface area contributed by atoms with Crippen LogP contribution in [0.5, 0.6) is 5.75 Å². The van der Waals surface area contributed by atoms with E-state index in [2.05, 4.69) is 17.1 Å². The highest BCUT2D eigenvalue weighted by molar-refractivity contribution is 7.89. The SMILES string of the molecule is COc1ccc(C2CCN(S(=O)(=O)c3cn(C)c(C)n3)CC2)cc1. The third kappa shape index (κ3) is 3.18. The number of aryl methyl sites for hydroxylation is 2. The number of methoxy groups -OCH3 is 1. The summed E-state index contributed by atoms with van der Waals surface area (Å²) in [6.07, 6.45) is 3.22. The van der Waals surface area contributed by atoms with Crippen molar-refractivity contribution < 1.29 is 13.2 Å². The first-order chi connectivity index (χ1) is 11.4. The van der Waals surface area contributed by atoms with E-state index in [4.69, 9.17) is 4.74 Å². The van der Waals surface area contributed by atoms with Crippen molar-refractivity contribution >= 4 is 10.0 Å². The average Bonchev–Trinajstić information content (AvgIpc) is 2.95. The van der Waals surface area contributed by atoms with E-state index in [0.29, 0.717) is 24.8 Å². The molecule has 0 amide bonds. The van der Waals surface area contributed by atoms with E-state index in [1.165, 1.54) is 5.56 Å². The fourth-order valence-electron chi connectivity index (χ4n) is 3.09.